The fraction of sp³-hybridized carbons (Fsp3) is 0.364. The molecule has 28 heavy (non-hydrogen) atoms. The summed E-state index contributed by atoms with van der Waals surface area (Å²) in [4.78, 5) is 21.0. The van der Waals surface area contributed by atoms with Crippen molar-refractivity contribution in [3.8, 4) is 5.75 Å². The van der Waals surface area contributed by atoms with Crippen LogP contribution < -0.4 is 20.1 Å². The van der Waals surface area contributed by atoms with E-state index in [1.165, 1.54) is 10.6 Å². The number of hydrogen-bond donors (Lipinski definition) is 1. The Labute approximate surface area is 165 Å². The van der Waals surface area contributed by atoms with Crippen LogP contribution in [-0.2, 0) is 6.54 Å². The van der Waals surface area contributed by atoms with Crippen LogP contribution in [-0.4, -0.2) is 42.2 Å². The highest BCUT2D eigenvalue weighted by Gasteiger charge is 2.23. The Kier molecular flexibility index (Phi) is 5.30. The monoisotopic (exact) mass is 379 g/mol. The quantitative estimate of drug-likeness (QED) is 0.726. The summed E-state index contributed by atoms with van der Waals surface area (Å²) in [5, 5.41) is 0. The molecule has 6 nitrogen and oxygen atoms in total. The maximum Gasteiger partial charge on any atom is 0.258 e. The molecular weight excluding hydrogens is 352 g/mol. The minimum atomic E-state index is 0.00165. The molecule has 4 rings (SSSR count). The number of quaternary nitrogens is 1. The number of anilines is 1. The highest BCUT2D eigenvalue weighted by molar-refractivity contribution is 5.58. The summed E-state index contributed by atoms with van der Waals surface area (Å²) in [7, 11) is 0. The van der Waals surface area contributed by atoms with Crippen molar-refractivity contribution < 1.29 is 9.64 Å². The fourth-order valence-electron chi connectivity index (χ4n) is 3.95. The average Bonchev–Trinajstić information content (AvgIpc) is 2.69. The lowest BCUT2D eigenvalue weighted by molar-refractivity contribution is -0.914. The molecule has 1 fully saturated rings. The first kappa shape index (κ1) is 18.5. The van der Waals surface area contributed by atoms with Crippen LogP contribution in [0.4, 0.5) is 5.69 Å². The van der Waals surface area contributed by atoms with Gasteiger partial charge in [0.15, 0.2) is 0 Å². The number of aromatic nitrogens is 2. The number of fused-ring (bicyclic) bond motifs is 1. The van der Waals surface area contributed by atoms with Crippen LogP contribution in [0.2, 0.25) is 0 Å². The average molecular weight is 379 g/mol. The molecule has 146 valence electrons. The standard InChI is InChI=1S/C22H26N4O2/c1-3-28-20-9-5-4-8-19(20)25-13-11-24(12-14-25)16-18-15-22(27)26-17(2)7-6-10-21(26)23-18/h4-10,15H,3,11-14,16H2,1-2H3/p+1. The molecule has 6 heteroatoms. The number of benzene rings is 1. The topological polar surface area (TPSA) is 51.3 Å². The third-order valence-electron chi connectivity index (χ3n) is 5.34. The van der Waals surface area contributed by atoms with Gasteiger partial charge in [0.05, 0.1) is 38.5 Å². The molecule has 1 aliphatic heterocycles. The first-order valence-electron chi connectivity index (χ1n) is 9.94. The molecule has 1 saturated heterocycles. The van der Waals surface area contributed by atoms with Crippen molar-refractivity contribution in [2.24, 2.45) is 0 Å². The molecule has 0 atom stereocenters. The lowest BCUT2D eigenvalue weighted by atomic mass is 10.2. The maximum absolute atomic E-state index is 12.5. The number of nitrogens with one attached hydrogen (secondary N) is 1. The SMILES string of the molecule is CCOc1ccccc1N1CC[NH+](Cc2cc(=O)n3c(C)cccc3n2)CC1. The minimum absolute atomic E-state index is 0.00165. The Bertz CT molecular complexity index is 1020. The van der Waals surface area contributed by atoms with E-state index in [9.17, 15) is 4.79 Å². The van der Waals surface area contributed by atoms with Gasteiger partial charge in [0.1, 0.15) is 23.6 Å². The number of pyridine rings is 1. The van der Waals surface area contributed by atoms with Crippen LogP contribution >= 0.6 is 0 Å². The van der Waals surface area contributed by atoms with Crippen molar-refractivity contribution in [2.45, 2.75) is 20.4 Å². The third kappa shape index (κ3) is 3.73. The van der Waals surface area contributed by atoms with E-state index in [-0.39, 0.29) is 5.56 Å². The first-order valence-corrected chi connectivity index (χ1v) is 9.94. The van der Waals surface area contributed by atoms with Crippen LogP contribution in [0.15, 0.2) is 53.3 Å². The van der Waals surface area contributed by atoms with Gasteiger partial charge < -0.3 is 14.5 Å². The summed E-state index contributed by atoms with van der Waals surface area (Å²) in [6.07, 6.45) is 0. The van der Waals surface area contributed by atoms with Gasteiger partial charge in [-0.15, -0.1) is 0 Å². The van der Waals surface area contributed by atoms with E-state index in [4.69, 9.17) is 9.72 Å². The summed E-state index contributed by atoms with van der Waals surface area (Å²) in [5.74, 6) is 0.952. The van der Waals surface area contributed by atoms with E-state index in [0.717, 1.165) is 55.5 Å². The predicted octanol–water partition coefficient (Wildman–Crippen LogP) is 1.31. The van der Waals surface area contributed by atoms with Crippen LogP contribution in [0.3, 0.4) is 0 Å². The molecule has 0 saturated carbocycles. The third-order valence-corrected chi connectivity index (χ3v) is 5.34. The normalized spacial score (nSPS) is 15.1. The van der Waals surface area contributed by atoms with Crippen LogP contribution in [0.5, 0.6) is 5.75 Å². The molecule has 1 N–H and O–H groups in total. The van der Waals surface area contributed by atoms with Gasteiger partial charge in [-0.25, -0.2) is 4.98 Å². The predicted molar refractivity (Wildman–Crippen MR) is 110 cm³/mol. The summed E-state index contributed by atoms with van der Waals surface area (Å²) >= 11 is 0. The molecule has 1 aliphatic rings. The number of aryl methyl sites for hydroxylation is 1. The van der Waals surface area contributed by atoms with Crippen molar-refractivity contribution >= 4 is 11.3 Å². The molecule has 3 heterocycles. The van der Waals surface area contributed by atoms with E-state index in [0.29, 0.717) is 6.61 Å². The lowest BCUT2D eigenvalue weighted by Gasteiger charge is -2.34. The van der Waals surface area contributed by atoms with Gasteiger partial charge in [0, 0.05) is 11.8 Å². The molecule has 0 aliphatic carbocycles. The van der Waals surface area contributed by atoms with Crippen molar-refractivity contribution in [2.75, 3.05) is 37.7 Å². The highest BCUT2D eigenvalue weighted by atomic mass is 16.5. The summed E-state index contributed by atoms with van der Waals surface area (Å²) in [6, 6.07) is 15.7. The van der Waals surface area contributed by atoms with E-state index < -0.39 is 0 Å². The number of nitrogens with zero attached hydrogens (tertiary/aromatic N) is 3. The van der Waals surface area contributed by atoms with Gasteiger partial charge >= 0.3 is 0 Å². The smallest absolute Gasteiger partial charge is 0.258 e. The van der Waals surface area contributed by atoms with E-state index in [2.05, 4.69) is 17.0 Å². The Hall–Kier alpha value is -2.86. The second kappa shape index (κ2) is 8.02. The van der Waals surface area contributed by atoms with E-state index >= 15 is 0 Å². The Morgan fingerprint density at radius 2 is 1.89 bits per heavy atom. The molecule has 0 spiro atoms. The Morgan fingerprint density at radius 3 is 2.68 bits per heavy atom. The summed E-state index contributed by atoms with van der Waals surface area (Å²) < 4.78 is 7.45. The van der Waals surface area contributed by atoms with E-state index in [1.54, 1.807) is 10.5 Å². The number of piperazine rings is 1. The van der Waals surface area contributed by atoms with Gasteiger partial charge in [-0.3, -0.25) is 9.20 Å². The maximum atomic E-state index is 12.5. The van der Waals surface area contributed by atoms with Gasteiger partial charge in [-0.2, -0.15) is 0 Å². The van der Waals surface area contributed by atoms with Gasteiger partial charge in [0.25, 0.3) is 5.56 Å². The van der Waals surface area contributed by atoms with Crippen molar-refractivity contribution in [1.29, 1.82) is 0 Å². The van der Waals surface area contributed by atoms with Gasteiger partial charge in [-0.05, 0) is 38.1 Å². The summed E-state index contributed by atoms with van der Waals surface area (Å²) in [5.41, 5.74) is 3.68. The zero-order valence-electron chi connectivity index (χ0n) is 16.5. The van der Waals surface area contributed by atoms with E-state index in [1.807, 2.05) is 44.2 Å². The number of rotatable bonds is 5. The zero-order chi connectivity index (χ0) is 19.5. The first-order chi connectivity index (χ1) is 13.7. The molecule has 1 aromatic carbocycles. The number of para-hydroxylation sites is 2. The zero-order valence-corrected chi connectivity index (χ0v) is 16.5. The Morgan fingerprint density at radius 1 is 1.11 bits per heavy atom. The molecule has 3 aromatic rings. The molecule has 2 aromatic heterocycles. The van der Waals surface area contributed by atoms with Gasteiger partial charge in [-0.1, -0.05) is 18.2 Å². The van der Waals surface area contributed by atoms with Crippen LogP contribution in [0.1, 0.15) is 18.3 Å². The van der Waals surface area contributed by atoms with Crippen molar-refractivity contribution in [1.82, 2.24) is 9.38 Å². The molecule has 0 radical (unpaired) electrons. The van der Waals surface area contributed by atoms with Crippen LogP contribution in [0.25, 0.3) is 5.65 Å². The Balaban J connectivity index is 1.45. The lowest BCUT2D eigenvalue weighted by Crippen LogP contribution is -3.13. The van der Waals surface area contributed by atoms with Crippen molar-refractivity contribution in [3.05, 3.63) is 70.3 Å². The fourth-order valence-corrected chi connectivity index (χ4v) is 3.95. The second-order valence-corrected chi connectivity index (χ2v) is 7.26. The second-order valence-electron chi connectivity index (χ2n) is 7.26. The highest BCUT2D eigenvalue weighted by Crippen LogP contribution is 2.27. The molecular formula is C22H27N4O2+. The molecule has 0 bridgehead atoms. The largest absolute Gasteiger partial charge is 0.492 e. The van der Waals surface area contributed by atoms with Gasteiger partial charge in [0.2, 0.25) is 0 Å². The summed E-state index contributed by atoms with van der Waals surface area (Å²) in [6.45, 7) is 9.34. The number of ether oxygens (including phenoxy) is 1. The van der Waals surface area contributed by atoms with Crippen molar-refractivity contribution in [3.63, 3.8) is 0 Å². The minimum Gasteiger partial charge on any atom is -0.492 e. The molecule has 0 unspecified atom stereocenters. The molecule has 0 amide bonds. The van der Waals surface area contributed by atoms with Crippen LogP contribution in [0, 0.1) is 6.92 Å². The number of hydrogen-bond acceptors (Lipinski definition) is 4.